The molecule has 1 nitrogen and oxygen atoms in total. The molecular formula is C9H21ClOSi. The Morgan fingerprint density at radius 1 is 1.25 bits per heavy atom. The summed E-state index contributed by atoms with van der Waals surface area (Å²) in [5.41, 5.74) is -0.0668. The van der Waals surface area contributed by atoms with Crippen LogP contribution in [-0.4, -0.2) is 14.6 Å². The number of rotatable bonds is 4. The van der Waals surface area contributed by atoms with Crippen LogP contribution >= 0.6 is 11.6 Å². The molecule has 0 fully saturated rings. The summed E-state index contributed by atoms with van der Waals surface area (Å²) in [7, 11) is -1.00. The van der Waals surface area contributed by atoms with Gasteiger partial charge in [0.25, 0.3) is 0 Å². The van der Waals surface area contributed by atoms with E-state index in [1.807, 2.05) is 0 Å². The molecule has 1 atom stereocenters. The molecule has 0 N–H and O–H groups in total. The van der Waals surface area contributed by atoms with Crippen LogP contribution in [0.25, 0.3) is 0 Å². The van der Waals surface area contributed by atoms with Gasteiger partial charge in [0, 0.05) is 5.41 Å². The van der Waals surface area contributed by atoms with Gasteiger partial charge in [0.2, 0.25) is 0 Å². The molecular weight excluding hydrogens is 188 g/mol. The van der Waals surface area contributed by atoms with Gasteiger partial charge in [-0.2, -0.15) is 0 Å². The van der Waals surface area contributed by atoms with Crippen molar-refractivity contribution in [3.8, 4) is 0 Å². The summed E-state index contributed by atoms with van der Waals surface area (Å²) in [5, 5.41) is 0. The molecule has 0 aliphatic heterocycles. The molecule has 0 rings (SSSR count). The van der Waals surface area contributed by atoms with Gasteiger partial charge in [-0.05, 0) is 19.0 Å². The monoisotopic (exact) mass is 208 g/mol. The second-order valence-corrected chi connectivity index (χ2v) is 7.24. The maximum atomic E-state index is 6.17. The first-order valence-electron chi connectivity index (χ1n) is 4.58. The zero-order valence-corrected chi connectivity index (χ0v) is 10.9. The zero-order valence-electron chi connectivity index (χ0n) is 9.02. The van der Waals surface area contributed by atoms with E-state index in [9.17, 15) is 0 Å². The molecule has 0 aromatic rings. The number of halogens is 1. The second-order valence-electron chi connectivity index (χ2n) is 4.48. The van der Waals surface area contributed by atoms with Crippen molar-refractivity contribution in [1.29, 1.82) is 0 Å². The Balaban J connectivity index is 4.15. The normalized spacial score (nSPS) is 15.8. The minimum absolute atomic E-state index is 0.0683. The lowest BCUT2D eigenvalue weighted by Gasteiger charge is -2.35. The third-order valence-corrected chi connectivity index (χ3v) is 4.12. The number of alkyl halides is 1. The highest BCUT2D eigenvalue weighted by atomic mass is 35.5. The Hall–Kier alpha value is 0.467. The maximum Gasteiger partial charge on any atom is 0.172 e. The first-order valence-corrected chi connectivity index (χ1v) is 7.79. The minimum atomic E-state index is -1.00. The van der Waals surface area contributed by atoms with E-state index in [2.05, 4.69) is 40.8 Å². The van der Waals surface area contributed by atoms with Gasteiger partial charge >= 0.3 is 0 Å². The van der Waals surface area contributed by atoms with Crippen molar-refractivity contribution >= 4 is 20.6 Å². The van der Waals surface area contributed by atoms with E-state index in [0.29, 0.717) is 5.92 Å². The van der Waals surface area contributed by atoms with E-state index in [0.717, 1.165) is 0 Å². The van der Waals surface area contributed by atoms with Gasteiger partial charge in [0.1, 0.15) is 5.56 Å². The van der Waals surface area contributed by atoms with Crippen LogP contribution in [0.4, 0.5) is 0 Å². The molecule has 1 unspecified atom stereocenters. The first kappa shape index (κ1) is 12.5. The maximum absolute atomic E-state index is 6.17. The third-order valence-electron chi connectivity index (χ3n) is 2.46. The molecule has 0 aromatic heterocycles. The second kappa shape index (κ2) is 4.63. The van der Waals surface area contributed by atoms with Crippen LogP contribution in [0.2, 0.25) is 13.1 Å². The molecule has 12 heavy (non-hydrogen) atoms. The first-order chi connectivity index (χ1) is 5.28. The average molecular weight is 209 g/mol. The van der Waals surface area contributed by atoms with E-state index in [1.54, 1.807) is 0 Å². The van der Waals surface area contributed by atoms with Crippen molar-refractivity contribution in [3.63, 3.8) is 0 Å². The van der Waals surface area contributed by atoms with Crippen LogP contribution in [0.5, 0.6) is 0 Å². The van der Waals surface area contributed by atoms with Crippen LogP contribution < -0.4 is 0 Å². The van der Waals surface area contributed by atoms with Crippen LogP contribution in [0, 0.1) is 11.3 Å². The van der Waals surface area contributed by atoms with Gasteiger partial charge in [-0.25, -0.2) is 0 Å². The van der Waals surface area contributed by atoms with E-state index < -0.39 is 9.04 Å². The fourth-order valence-corrected chi connectivity index (χ4v) is 2.37. The molecule has 0 aliphatic carbocycles. The predicted molar refractivity (Wildman–Crippen MR) is 58.2 cm³/mol. The summed E-state index contributed by atoms with van der Waals surface area (Å²) in [6.45, 7) is 13.0. The van der Waals surface area contributed by atoms with Gasteiger partial charge in [-0.3, -0.25) is 0 Å². The van der Waals surface area contributed by atoms with Gasteiger partial charge in [-0.15, -0.1) is 0 Å². The van der Waals surface area contributed by atoms with E-state index in [4.69, 9.17) is 16.0 Å². The van der Waals surface area contributed by atoms with Crippen molar-refractivity contribution in [2.75, 3.05) is 0 Å². The Labute approximate surface area is 83.2 Å². The Morgan fingerprint density at radius 3 is 1.92 bits per heavy atom. The molecule has 0 saturated heterocycles. The Kier molecular flexibility index (Phi) is 4.81. The quantitative estimate of drug-likeness (QED) is 0.509. The highest BCUT2D eigenvalue weighted by Crippen LogP contribution is 2.34. The van der Waals surface area contributed by atoms with Gasteiger partial charge in [0.15, 0.2) is 9.04 Å². The van der Waals surface area contributed by atoms with Crippen molar-refractivity contribution in [2.24, 2.45) is 11.3 Å². The molecule has 0 aromatic carbocycles. The van der Waals surface area contributed by atoms with Gasteiger partial charge < -0.3 is 4.43 Å². The van der Waals surface area contributed by atoms with Crippen LogP contribution in [0.15, 0.2) is 0 Å². The standard InChI is InChI=1S/C9H21ClOSi/c1-7(2)9(3,4)8(10)11-12(5)6/h7-8,12H,1-6H3. The van der Waals surface area contributed by atoms with Crippen LogP contribution in [0.1, 0.15) is 27.7 Å². The largest absolute Gasteiger partial charge is 0.404 e. The van der Waals surface area contributed by atoms with E-state index in [1.165, 1.54) is 0 Å². The molecule has 74 valence electrons. The average Bonchev–Trinajstić information content (AvgIpc) is 1.85. The van der Waals surface area contributed by atoms with Crippen LogP contribution in [0.3, 0.4) is 0 Å². The summed E-state index contributed by atoms with van der Waals surface area (Å²) in [6.07, 6.45) is 0. The summed E-state index contributed by atoms with van der Waals surface area (Å²) in [5.74, 6) is 0.549. The lowest BCUT2D eigenvalue weighted by molar-refractivity contribution is 0.0969. The molecule has 0 heterocycles. The summed E-state index contributed by atoms with van der Waals surface area (Å²) in [4.78, 5) is 0. The van der Waals surface area contributed by atoms with Crippen molar-refractivity contribution in [3.05, 3.63) is 0 Å². The Morgan fingerprint density at radius 2 is 1.67 bits per heavy atom. The van der Waals surface area contributed by atoms with Crippen molar-refractivity contribution in [1.82, 2.24) is 0 Å². The summed E-state index contributed by atoms with van der Waals surface area (Å²) >= 11 is 6.17. The Bertz CT molecular complexity index is 134. The van der Waals surface area contributed by atoms with Crippen molar-refractivity contribution < 1.29 is 4.43 Å². The summed E-state index contributed by atoms with van der Waals surface area (Å²) < 4.78 is 5.68. The molecule has 0 spiro atoms. The minimum Gasteiger partial charge on any atom is -0.404 e. The number of hydrogen-bond donors (Lipinski definition) is 0. The van der Waals surface area contributed by atoms with Crippen LogP contribution in [-0.2, 0) is 4.43 Å². The van der Waals surface area contributed by atoms with Gasteiger partial charge in [-0.1, -0.05) is 39.3 Å². The fraction of sp³-hybridized carbons (Fsp3) is 1.00. The smallest absolute Gasteiger partial charge is 0.172 e. The molecule has 0 radical (unpaired) electrons. The lowest BCUT2D eigenvalue weighted by Crippen LogP contribution is -2.35. The zero-order chi connectivity index (χ0) is 9.94. The molecule has 3 heteroatoms. The summed E-state index contributed by atoms with van der Waals surface area (Å²) in [6, 6.07) is 0. The molecule has 0 saturated carbocycles. The number of hydrogen-bond acceptors (Lipinski definition) is 1. The highest BCUT2D eigenvalue weighted by molar-refractivity contribution is 6.49. The molecule has 0 bridgehead atoms. The molecule has 0 aliphatic rings. The van der Waals surface area contributed by atoms with Crippen molar-refractivity contribution in [2.45, 2.75) is 46.4 Å². The molecule has 0 amide bonds. The van der Waals surface area contributed by atoms with E-state index >= 15 is 0 Å². The highest BCUT2D eigenvalue weighted by Gasteiger charge is 2.32. The SMILES string of the molecule is CC(C)C(C)(C)C(Cl)O[SiH](C)C. The fourth-order valence-electron chi connectivity index (χ4n) is 0.676. The lowest BCUT2D eigenvalue weighted by atomic mass is 9.82. The predicted octanol–water partition coefficient (Wildman–Crippen LogP) is 3.23. The topological polar surface area (TPSA) is 9.23 Å². The third kappa shape index (κ3) is 3.46. The van der Waals surface area contributed by atoms with E-state index in [-0.39, 0.29) is 11.0 Å². The van der Waals surface area contributed by atoms with Gasteiger partial charge in [0.05, 0.1) is 0 Å².